The predicted molar refractivity (Wildman–Crippen MR) is 76.1 cm³/mol. The molecule has 21 heavy (non-hydrogen) atoms. The molecule has 2 aromatic rings. The summed E-state index contributed by atoms with van der Waals surface area (Å²) in [6, 6.07) is 5.70. The van der Waals surface area contributed by atoms with Crippen molar-refractivity contribution in [3.8, 4) is 6.07 Å². The molecule has 7 heteroatoms. The average Bonchev–Trinajstić information content (AvgIpc) is 2.54. The number of nitrogens with zero attached hydrogens (tertiary/aromatic N) is 5. The van der Waals surface area contributed by atoms with E-state index >= 15 is 0 Å². The minimum atomic E-state index is -0.890. The SMILES string of the molecule is N#Cc1ccc(N2CCN(C(=O)O)CC2)c2nccnc12. The van der Waals surface area contributed by atoms with Crippen LogP contribution in [-0.2, 0) is 0 Å². The fraction of sp³-hybridized carbons (Fsp3) is 0.286. The van der Waals surface area contributed by atoms with Crippen molar-refractivity contribution in [2.24, 2.45) is 0 Å². The lowest BCUT2D eigenvalue weighted by atomic mass is 10.1. The summed E-state index contributed by atoms with van der Waals surface area (Å²) >= 11 is 0. The first-order chi connectivity index (χ1) is 10.2. The van der Waals surface area contributed by atoms with Gasteiger partial charge in [-0.1, -0.05) is 0 Å². The molecule has 1 aliphatic rings. The monoisotopic (exact) mass is 283 g/mol. The van der Waals surface area contributed by atoms with Crippen molar-refractivity contribution in [3.63, 3.8) is 0 Å². The van der Waals surface area contributed by atoms with Crippen molar-refractivity contribution < 1.29 is 9.90 Å². The maximum absolute atomic E-state index is 10.9. The highest BCUT2D eigenvalue weighted by Gasteiger charge is 2.22. The molecule has 106 valence electrons. The molecule has 1 aromatic carbocycles. The molecule has 1 amide bonds. The summed E-state index contributed by atoms with van der Waals surface area (Å²) in [5, 5.41) is 18.1. The first-order valence-electron chi connectivity index (χ1n) is 6.57. The van der Waals surface area contributed by atoms with E-state index in [1.807, 2.05) is 6.07 Å². The van der Waals surface area contributed by atoms with Gasteiger partial charge >= 0.3 is 6.09 Å². The molecular formula is C14H13N5O2. The van der Waals surface area contributed by atoms with E-state index in [4.69, 9.17) is 10.4 Å². The molecule has 0 saturated carbocycles. The Morgan fingerprint density at radius 2 is 1.81 bits per heavy atom. The summed E-state index contributed by atoms with van der Waals surface area (Å²) in [5.74, 6) is 0. The Labute approximate surface area is 121 Å². The van der Waals surface area contributed by atoms with Gasteiger partial charge in [0.05, 0.1) is 11.3 Å². The Kier molecular flexibility index (Phi) is 3.28. The molecule has 1 saturated heterocycles. The molecule has 0 radical (unpaired) electrons. The van der Waals surface area contributed by atoms with Crippen molar-refractivity contribution in [1.82, 2.24) is 14.9 Å². The number of fused-ring (bicyclic) bond motifs is 1. The predicted octanol–water partition coefficient (Wildman–Crippen LogP) is 1.30. The second-order valence-corrected chi connectivity index (χ2v) is 4.75. The summed E-state index contributed by atoms with van der Waals surface area (Å²) in [4.78, 5) is 23.0. The topological polar surface area (TPSA) is 93.4 Å². The normalized spacial score (nSPS) is 15.0. The van der Waals surface area contributed by atoms with Gasteiger partial charge in [0.2, 0.25) is 0 Å². The molecule has 0 unspecified atom stereocenters. The zero-order chi connectivity index (χ0) is 14.8. The summed E-state index contributed by atoms with van der Waals surface area (Å²) < 4.78 is 0. The van der Waals surface area contributed by atoms with E-state index in [0.717, 1.165) is 5.69 Å². The Bertz CT molecular complexity index is 732. The maximum Gasteiger partial charge on any atom is 0.407 e. The minimum Gasteiger partial charge on any atom is -0.465 e. The summed E-state index contributed by atoms with van der Waals surface area (Å²) in [5.41, 5.74) is 2.65. The van der Waals surface area contributed by atoms with E-state index in [2.05, 4.69) is 20.9 Å². The van der Waals surface area contributed by atoms with E-state index in [1.165, 1.54) is 4.90 Å². The van der Waals surface area contributed by atoms with Crippen LogP contribution in [0.3, 0.4) is 0 Å². The highest BCUT2D eigenvalue weighted by molar-refractivity contribution is 5.92. The molecular weight excluding hydrogens is 270 g/mol. The van der Waals surface area contributed by atoms with Gasteiger partial charge in [-0.3, -0.25) is 9.97 Å². The molecule has 0 spiro atoms. The van der Waals surface area contributed by atoms with Crippen LogP contribution in [0.1, 0.15) is 5.56 Å². The number of hydrogen-bond donors (Lipinski definition) is 1. The summed E-state index contributed by atoms with van der Waals surface area (Å²) in [6.45, 7) is 2.11. The Morgan fingerprint density at radius 3 is 2.43 bits per heavy atom. The van der Waals surface area contributed by atoms with E-state index in [9.17, 15) is 4.79 Å². The van der Waals surface area contributed by atoms with Crippen LogP contribution in [-0.4, -0.2) is 52.2 Å². The molecule has 1 N–H and O–H groups in total. The highest BCUT2D eigenvalue weighted by atomic mass is 16.4. The zero-order valence-electron chi connectivity index (χ0n) is 11.2. The minimum absolute atomic E-state index is 0.455. The number of nitriles is 1. The van der Waals surface area contributed by atoms with Gasteiger partial charge in [0.15, 0.2) is 0 Å². The van der Waals surface area contributed by atoms with E-state index in [-0.39, 0.29) is 0 Å². The number of carbonyl (C=O) groups is 1. The van der Waals surface area contributed by atoms with E-state index < -0.39 is 6.09 Å². The second-order valence-electron chi connectivity index (χ2n) is 4.75. The zero-order valence-corrected chi connectivity index (χ0v) is 11.2. The Hall–Kier alpha value is -2.88. The number of amides is 1. The second kappa shape index (κ2) is 5.25. The van der Waals surface area contributed by atoms with Crippen molar-refractivity contribution in [1.29, 1.82) is 5.26 Å². The fourth-order valence-electron chi connectivity index (χ4n) is 2.53. The number of hydrogen-bond acceptors (Lipinski definition) is 5. The maximum atomic E-state index is 10.9. The number of benzene rings is 1. The van der Waals surface area contributed by atoms with E-state index in [1.54, 1.807) is 18.5 Å². The quantitative estimate of drug-likeness (QED) is 0.848. The van der Waals surface area contributed by atoms with Crippen LogP contribution in [0.4, 0.5) is 10.5 Å². The number of aromatic nitrogens is 2. The average molecular weight is 283 g/mol. The molecule has 0 aliphatic carbocycles. The molecule has 1 aliphatic heterocycles. The molecule has 1 fully saturated rings. The molecule has 1 aromatic heterocycles. The van der Waals surface area contributed by atoms with Gasteiger partial charge in [0.1, 0.15) is 17.1 Å². The van der Waals surface area contributed by atoms with Crippen LogP contribution in [0.5, 0.6) is 0 Å². The third-order valence-electron chi connectivity index (χ3n) is 3.62. The number of rotatable bonds is 1. The van der Waals surface area contributed by atoms with Crippen molar-refractivity contribution in [2.45, 2.75) is 0 Å². The summed E-state index contributed by atoms with van der Waals surface area (Å²) in [7, 11) is 0. The van der Waals surface area contributed by atoms with Gasteiger partial charge in [-0.15, -0.1) is 0 Å². The molecule has 7 nitrogen and oxygen atoms in total. The fourth-order valence-corrected chi connectivity index (χ4v) is 2.53. The highest BCUT2D eigenvalue weighted by Crippen LogP contribution is 2.27. The van der Waals surface area contributed by atoms with Crippen LogP contribution in [0.15, 0.2) is 24.5 Å². The van der Waals surface area contributed by atoms with Gasteiger partial charge in [-0.2, -0.15) is 5.26 Å². The van der Waals surface area contributed by atoms with Crippen molar-refractivity contribution in [2.75, 3.05) is 31.1 Å². The molecule has 3 rings (SSSR count). The van der Waals surface area contributed by atoms with Crippen molar-refractivity contribution >= 4 is 22.8 Å². The van der Waals surface area contributed by atoms with Crippen LogP contribution in [0.2, 0.25) is 0 Å². The van der Waals surface area contributed by atoms with Gasteiger partial charge in [0, 0.05) is 38.6 Å². The van der Waals surface area contributed by atoms with Gasteiger partial charge in [-0.25, -0.2) is 4.79 Å². The van der Waals surface area contributed by atoms with Gasteiger partial charge in [0.25, 0.3) is 0 Å². The lowest BCUT2D eigenvalue weighted by molar-refractivity contribution is 0.142. The first kappa shape index (κ1) is 13.1. The van der Waals surface area contributed by atoms with Crippen LogP contribution < -0.4 is 4.90 Å². The van der Waals surface area contributed by atoms with Gasteiger partial charge in [-0.05, 0) is 12.1 Å². The lowest BCUT2D eigenvalue weighted by Gasteiger charge is -2.34. The van der Waals surface area contributed by atoms with E-state index in [0.29, 0.717) is 42.8 Å². The van der Waals surface area contributed by atoms with Crippen LogP contribution >= 0.6 is 0 Å². The lowest BCUT2D eigenvalue weighted by Crippen LogP contribution is -2.48. The Balaban J connectivity index is 1.96. The first-order valence-corrected chi connectivity index (χ1v) is 6.57. The standard InChI is InChI=1S/C14H13N5O2/c15-9-10-1-2-11(13-12(10)16-3-4-17-13)18-5-7-19(8-6-18)14(20)21/h1-4H,5-8H2,(H,20,21). The van der Waals surface area contributed by atoms with Crippen molar-refractivity contribution in [3.05, 3.63) is 30.1 Å². The Morgan fingerprint density at radius 1 is 1.14 bits per heavy atom. The molecule has 2 heterocycles. The number of anilines is 1. The molecule has 0 bridgehead atoms. The summed E-state index contributed by atoms with van der Waals surface area (Å²) in [6.07, 6.45) is 2.27. The van der Waals surface area contributed by atoms with Crippen LogP contribution in [0.25, 0.3) is 11.0 Å². The number of carboxylic acid groups (broad SMARTS) is 1. The third kappa shape index (κ3) is 2.31. The molecule has 0 atom stereocenters. The third-order valence-corrected chi connectivity index (χ3v) is 3.62. The number of piperazine rings is 1. The van der Waals surface area contributed by atoms with Crippen LogP contribution in [0, 0.1) is 11.3 Å². The van der Waals surface area contributed by atoms with Gasteiger partial charge < -0.3 is 14.9 Å². The smallest absolute Gasteiger partial charge is 0.407 e. The largest absolute Gasteiger partial charge is 0.465 e.